The summed E-state index contributed by atoms with van der Waals surface area (Å²) in [5.74, 6) is -0.371. The van der Waals surface area contributed by atoms with Gasteiger partial charge < -0.3 is 20.6 Å². The molecule has 0 spiro atoms. The van der Waals surface area contributed by atoms with Crippen molar-refractivity contribution in [3.8, 4) is 16.9 Å². The van der Waals surface area contributed by atoms with Gasteiger partial charge in [-0.1, -0.05) is 30.3 Å². The molecule has 6 heteroatoms. The van der Waals surface area contributed by atoms with Gasteiger partial charge in [-0.05, 0) is 23.8 Å². The zero-order valence-corrected chi connectivity index (χ0v) is 13.1. The second-order valence-electron chi connectivity index (χ2n) is 4.89. The molecule has 0 radical (unpaired) electrons. The number of carboxylic acid groups (broad SMARTS) is 1. The van der Waals surface area contributed by atoms with Gasteiger partial charge in [0, 0.05) is 17.5 Å². The van der Waals surface area contributed by atoms with Crippen LogP contribution in [-0.4, -0.2) is 29.2 Å². The molecule has 0 bridgehead atoms. The molecule has 0 aliphatic carbocycles. The predicted octanol–water partition coefficient (Wildman–Crippen LogP) is 3.29. The lowest BCUT2D eigenvalue weighted by Crippen LogP contribution is -2.10. The number of H-pyrrole nitrogens is 1. The van der Waals surface area contributed by atoms with E-state index in [2.05, 4.69) is 4.98 Å². The number of rotatable bonds is 5. The molecule has 0 aliphatic heterocycles. The number of aromatic nitrogens is 1. The molecule has 0 saturated carbocycles. The summed E-state index contributed by atoms with van der Waals surface area (Å²) in [5, 5.41) is 9.96. The topological polar surface area (TPSA) is 88.3 Å². The highest BCUT2D eigenvalue weighted by molar-refractivity contribution is 6.02. The van der Waals surface area contributed by atoms with Crippen molar-refractivity contribution in [2.45, 2.75) is 0 Å². The highest BCUT2D eigenvalue weighted by Gasteiger charge is 2.15. The number of aromatic amines is 1. The standard InChI is InChI=1S/C17H16N2O3.ClH/c18-8-9-22-15-7-6-12(11-4-2-1-3-5-11)16-13(15)10-14(19-16)17(20)21;/h1-7,10,19H,8-9,18H2,(H,20,21);1H. The normalized spacial score (nSPS) is 10.3. The lowest BCUT2D eigenvalue weighted by atomic mass is 10.0. The Morgan fingerprint density at radius 1 is 1.17 bits per heavy atom. The average molecular weight is 333 g/mol. The Kier molecular flexibility index (Phi) is 5.26. The van der Waals surface area contributed by atoms with Crippen molar-refractivity contribution in [2.75, 3.05) is 13.2 Å². The fourth-order valence-electron chi connectivity index (χ4n) is 2.46. The van der Waals surface area contributed by atoms with E-state index in [1.165, 1.54) is 0 Å². The van der Waals surface area contributed by atoms with Crippen molar-refractivity contribution in [1.29, 1.82) is 0 Å². The fourth-order valence-corrected chi connectivity index (χ4v) is 2.46. The predicted molar refractivity (Wildman–Crippen MR) is 92.5 cm³/mol. The van der Waals surface area contributed by atoms with E-state index in [-0.39, 0.29) is 18.1 Å². The number of nitrogens with two attached hydrogens (primary N) is 1. The number of ether oxygens (including phenoxy) is 1. The van der Waals surface area contributed by atoms with E-state index in [0.717, 1.165) is 22.0 Å². The molecule has 0 aliphatic rings. The Morgan fingerprint density at radius 3 is 2.57 bits per heavy atom. The van der Waals surface area contributed by atoms with Gasteiger partial charge >= 0.3 is 5.97 Å². The third kappa shape index (κ3) is 3.31. The summed E-state index contributed by atoms with van der Waals surface area (Å²) in [5.41, 5.74) is 8.30. The molecule has 2 aromatic carbocycles. The van der Waals surface area contributed by atoms with Crippen molar-refractivity contribution in [3.63, 3.8) is 0 Å². The van der Waals surface area contributed by atoms with Gasteiger partial charge in [0.05, 0.1) is 5.52 Å². The zero-order valence-electron chi connectivity index (χ0n) is 12.3. The summed E-state index contributed by atoms with van der Waals surface area (Å²) >= 11 is 0. The maximum absolute atomic E-state index is 11.3. The number of carbonyl (C=O) groups is 1. The monoisotopic (exact) mass is 332 g/mol. The van der Waals surface area contributed by atoms with Crippen LogP contribution in [0.1, 0.15) is 10.5 Å². The third-order valence-corrected chi connectivity index (χ3v) is 3.44. The number of fused-ring (bicyclic) bond motifs is 1. The van der Waals surface area contributed by atoms with E-state index < -0.39 is 5.97 Å². The lowest BCUT2D eigenvalue weighted by Gasteiger charge is -2.09. The number of halogens is 1. The molecule has 120 valence electrons. The quantitative estimate of drug-likeness (QED) is 0.669. The Hall–Kier alpha value is -2.50. The van der Waals surface area contributed by atoms with Crippen molar-refractivity contribution >= 4 is 29.3 Å². The molecule has 3 aromatic rings. The molecule has 5 nitrogen and oxygen atoms in total. The highest BCUT2D eigenvalue weighted by Crippen LogP contribution is 2.34. The molecule has 0 fully saturated rings. The maximum Gasteiger partial charge on any atom is 0.352 e. The van der Waals surface area contributed by atoms with Crippen molar-refractivity contribution in [3.05, 3.63) is 54.2 Å². The summed E-state index contributed by atoms with van der Waals surface area (Å²) in [6.45, 7) is 0.783. The molecule has 3 rings (SSSR count). The van der Waals surface area contributed by atoms with Gasteiger partial charge in [-0.25, -0.2) is 4.79 Å². The van der Waals surface area contributed by atoms with Crippen molar-refractivity contribution < 1.29 is 14.6 Å². The van der Waals surface area contributed by atoms with Gasteiger partial charge in [0.2, 0.25) is 0 Å². The molecular formula is C17H17ClN2O3. The van der Waals surface area contributed by atoms with Crippen LogP contribution in [0.4, 0.5) is 0 Å². The van der Waals surface area contributed by atoms with Gasteiger partial charge in [0.15, 0.2) is 0 Å². The number of carboxylic acids is 1. The first kappa shape index (κ1) is 16.9. The third-order valence-electron chi connectivity index (χ3n) is 3.44. The molecule has 4 N–H and O–H groups in total. The summed E-state index contributed by atoms with van der Waals surface area (Å²) in [6, 6.07) is 15.2. The van der Waals surface area contributed by atoms with Crippen LogP contribution in [0, 0.1) is 0 Å². The SMILES string of the molecule is Cl.NCCOc1ccc(-c2ccccc2)c2[nH]c(C(=O)O)cc12. The first-order valence-corrected chi connectivity index (χ1v) is 6.98. The molecule has 1 aromatic heterocycles. The zero-order chi connectivity index (χ0) is 15.5. The van der Waals surface area contributed by atoms with Gasteiger partial charge in [0.1, 0.15) is 18.1 Å². The molecule has 0 atom stereocenters. The summed E-state index contributed by atoms with van der Waals surface area (Å²) in [4.78, 5) is 14.2. The Balaban J connectivity index is 0.00000192. The molecule has 23 heavy (non-hydrogen) atoms. The van der Waals surface area contributed by atoms with Crippen molar-refractivity contribution in [1.82, 2.24) is 4.98 Å². The number of hydrogen-bond acceptors (Lipinski definition) is 3. The minimum absolute atomic E-state index is 0. The molecule has 0 unspecified atom stereocenters. The fraction of sp³-hybridized carbons (Fsp3) is 0.118. The minimum Gasteiger partial charge on any atom is -0.492 e. The van der Waals surface area contributed by atoms with E-state index in [0.29, 0.717) is 18.9 Å². The van der Waals surface area contributed by atoms with E-state index in [1.807, 2.05) is 42.5 Å². The first-order valence-electron chi connectivity index (χ1n) is 6.98. The number of aromatic carboxylic acids is 1. The number of benzene rings is 2. The summed E-state index contributed by atoms with van der Waals surface area (Å²) < 4.78 is 5.61. The van der Waals surface area contributed by atoms with E-state index in [4.69, 9.17) is 10.5 Å². The minimum atomic E-state index is -1.00. The largest absolute Gasteiger partial charge is 0.492 e. The van der Waals surface area contributed by atoms with Crippen LogP contribution in [0.3, 0.4) is 0 Å². The van der Waals surface area contributed by atoms with Gasteiger partial charge in [-0.15, -0.1) is 12.4 Å². The van der Waals surface area contributed by atoms with Crippen LogP contribution in [0.2, 0.25) is 0 Å². The highest BCUT2D eigenvalue weighted by atomic mass is 35.5. The van der Waals surface area contributed by atoms with Gasteiger partial charge in [-0.3, -0.25) is 0 Å². The Bertz CT molecular complexity index is 815. The molecule has 0 saturated heterocycles. The second kappa shape index (κ2) is 7.17. The molecule has 0 amide bonds. The lowest BCUT2D eigenvalue weighted by molar-refractivity contribution is 0.0691. The Morgan fingerprint density at radius 2 is 1.91 bits per heavy atom. The number of nitrogens with one attached hydrogen (secondary N) is 1. The van der Waals surface area contributed by atoms with Crippen molar-refractivity contribution in [2.24, 2.45) is 5.73 Å². The van der Waals surface area contributed by atoms with E-state index in [1.54, 1.807) is 6.07 Å². The summed E-state index contributed by atoms with van der Waals surface area (Å²) in [6.07, 6.45) is 0. The van der Waals surface area contributed by atoms with Crippen LogP contribution >= 0.6 is 12.4 Å². The van der Waals surface area contributed by atoms with Crippen LogP contribution in [-0.2, 0) is 0 Å². The van der Waals surface area contributed by atoms with Gasteiger partial charge in [0.25, 0.3) is 0 Å². The van der Waals surface area contributed by atoms with Crippen LogP contribution in [0.25, 0.3) is 22.0 Å². The average Bonchev–Trinajstić information content (AvgIpc) is 2.99. The summed E-state index contributed by atoms with van der Waals surface area (Å²) in [7, 11) is 0. The van der Waals surface area contributed by atoms with Crippen LogP contribution in [0.15, 0.2) is 48.5 Å². The second-order valence-corrected chi connectivity index (χ2v) is 4.89. The molecular weight excluding hydrogens is 316 g/mol. The maximum atomic E-state index is 11.3. The van der Waals surface area contributed by atoms with E-state index >= 15 is 0 Å². The van der Waals surface area contributed by atoms with E-state index in [9.17, 15) is 9.90 Å². The van der Waals surface area contributed by atoms with Crippen LogP contribution in [0.5, 0.6) is 5.75 Å². The van der Waals surface area contributed by atoms with Gasteiger partial charge in [-0.2, -0.15) is 0 Å². The van der Waals surface area contributed by atoms with Crippen LogP contribution < -0.4 is 10.5 Å². The Labute approximate surface area is 139 Å². The first-order chi connectivity index (χ1) is 10.7. The smallest absolute Gasteiger partial charge is 0.352 e. The molecule has 1 heterocycles. The number of hydrogen-bond donors (Lipinski definition) is 3.